The van der Waals surface area contributed by atoms with Crippen molar-refractivity contribution < 1.29 is 5.11 Å². The first kappa shape index (κ1) is 18.6. The largest absolute Gasteiger partial charge is 0.385 e. The molecule has 0 fully saturated rings. The predicted octanol–water partition coefficient (Wildman–Crippen LogP) is 5.10. The maximum atomic E-state index is 10.5. The molecular weight excluding hydrogens is 349 g/mol. The minimum absolute atomic E-state index is 0.650. The van der Waals surface area contributed by atoms with Crippen molar-refractivity contribution in [3.05, 3.63) is 63.6 Å². The van der Waals surface area contributed by atoms with Gasteiger partial charge in [0.15, 0.2) is 0 Å². The molecule has 0 heterocycles. The minimum atomic E-state index is -0.814. The van der Waals surface area contributed by atoms with Crippen molar-refractivity contribution in [3.63, 3.8) is 0 Å². The zero-order valence-electron chi connectivity index (χ0n) is 13.3. The highest BCUT2D eigenvalue weighted by molar-refractivity contribution is 7.98. The van der Waals surface area contributed by atoms with Crippen LogP contribution in [0.3, 0.4) is 0 Å². The molecule has 2 aromatic rings. The predicted molar refractivity (Wildman–Crippen MR) is 101 cm³/mol. The maximum absolute atomic E-state index is 10.5. The Morgan fingerprint density at radius 2 is 1.83 bits per heavy atom. The van der Waals surface area contributed by atoms with Crippen molar-refractivity contribution in [2.75, 3.05) is 13.6 Å². The van der Waals surface area contributed by atoms with Gasteiger partial charge in [0, 0.05) is 20.7 Å². The molecule has 2 rings (SSSR count). The molecule has 5 heteroatoms. The Hall–Kier alpha value is -0.710. The van der Waals surface area contributed by atoms with Crippen molar-refractivity contribution in [1.29, 1.82) is 0 Å². The summed E-state index contributed by atoms with van der Waals surface area (Å²) in [7, 11) is 1.89. The van der Waals surface area contributed by atoms with Gasteiger partial charge < -0.3 is 10.4 Å². The molecule has 1 unspecified atom stereocenters. The lowest BCUT2D eigenvalue weighted by molar-refractivity contribution is 0.0485. The van der Waals surface area contributed by atoms with Crippen molar-refractivity contribution in [2.24, 2.45) is 0 Å². The van der Waals surface area contributed by atoms with E-state index in [1.807, 2.05) is 50.4 Å². The molecule has 0 aliphatic carbocycles. The van der Waals surface area contributed by atoms with Gasteiger partial charge in [-0.15, -0.1) is 11.8 Å². The fraction of sp³-hybridized carbons (Fsp3) is 0.333. The number of aliphatic hydroxyl groups is 1. The van der Waals surface area contributed by atoms with E-state index in [1.54, 1.807) is 17.8 Å². The molecule has 0 radical (unpaired) electrons. The molecular formula is C18H21Cl2NOS. The second kappa shape index (κ2) is 8.41. The molecule has 0 bridgehead atoms. The second-order valence-corrected chi connectivity index (χ2v) is 7.57. The van der Waals surface area contributed by atoms with Gasteiger partial charge in [0.05, 0.1) is 5.60 Å². The third-order valence-corrected chi connectivity index (χ3v) is 5.40. The normalized spacial score (nSPS) is 13.8. The summed E-state index contributed by atoms with van der Waals surface area (Å²) in [6.45, 7) is 2.62. The molecule has 124 valence electrons. The van der Waals surface area contributed by atoms with Gasteiger partial charge in [-0.05, 0) is 62.3 Å². The monoisotopic (exact) mass is 369 g/mol. The SMILES string of the molecule is CNCCC(C)(O)c1ccc(SCc2ccc(Cl)cc2Cl)cc1. The maximum Gasteiger partial charge on any atom is 0.0880 e. The van der Waals surface area contributed by atoms with E-state index in [2.05, 4.69) is 5.32 Å². The van der Waals surface area contributed by atoms with Gasteiger partial charge in [0.25, 0.3) is 0 Å². The number of thioether (sulfide) groups is 1. The summed E-state index contributed by atoms with van der Waals surface area (Å²) >= 11 is 13.8. The highest BCUT2D eigenvalue weighted by Crippen LogP contribution is 2.30. The molecule has 0 spiro atoms. The Bertz CT molecular complexity index is 644. The summed E-state index contributed by atoms with van der Waals surface area (Å²) in [6, 6.07) is 13.6. The first-order valence-electron chi connectivity index (χ1n) is 7.46. The molecule has 1 atom stereocenters. The Kier molecular flexibility index (Phi) is 6.81. The molecule has 0 saturated carbocycles. The summed E-state index contributed by atoms with van der Waals surface area (Å²) in [5.41, 5.74) is 1.18. The molecule has 2 N–H and O–H groups in total. The van der Waals surface area contributed by atoms with E-state index < -0.39 is 5.60 Å². The minimum Gasteiger partial charge on any atom is -0.385 e. The molecule has 0 aliphatic rings. The average Bonchev–Trinajstić information content (AvgIpc) is 2.52. The second-order valence-electron chi connectivity index (χ2n) is 5.68. The van der Waals surface area contributed by atoms with Crippen LogP contribution in [-0.4, -0.2) is 18.7 Å². The Morgan fingerprint density at radius 1 is 1.13 bits per heavy atom. The average molecular weight is 370 g/mol. The van der Waals surface area contributed by atoms with E-state index in [9.17, 15) is 5.11 Å². The van der Waals surface area contributed by atoms with E-state index in [4.69, 9.17) is 23.2 Å². The van der Waals surface area contributed by atoms with Gasteiger partial charge in [-0.25, -0.2) is 0 Å². The summed E-state index contributed by atoms with van der Waals surface area (Å²) in [5, 5.41) is 14.9. The number of rotatable bonds is 7. The first-order valence-corrected chi connectivity index (χ1v) is 9.21. The van der Waals surface area contributed by atoms with Gasteiger partial charge >= 0.3 is 0 Å². The highest BCUT2D eigenvalue weighted by Gasteiger charge is 2.21. The van der Waals surface area contributed by atoms with Crippen LogP contribution in [0.4, 0.5) is 0 Å². The summed E-state index contributed by atoms with van der Waals surface area (Å²) in [5.74, 6) is 0.783. The van der Waals surface area contributed by atoms with Crippen molar-refractivity contribution in [3.8, 4) is 0 Å². The molecule has 23 heavy (non-hydrogen) atoms. The number of nitrogens with one attached hydrogen (secondary N) is 1. The lowest BCUT2D eigenvalue weighted by atomic mass is 9.93. The lowest BCUT2D eigenvalue weighted by Crippen LogP contribution is -2.26. The van der Waals surface area contributed by atoms with Crippen molar-refractivity contribution in [2.45, 2.75) is 29.6 Å². The highest BCUT2D eigenvalue weighted by atomic mass is 35.5. The molecule has 2 aromatic carbocycles. The van der Waals surface area contributed by atoms with E-state index in [1.165, 1.54) is 0 Å². The van der Waals surface area contributed by atoms with E-state index in [-0.39, 0.29) is 0 Å². The van der Waals surface area contributed by atoms with Gasteiger partial charge in [-0.2, -0.15) is 0 Å². The van der Waals surface area contributed by atoms with Crippen LogP contribution in [0.15, 0.2) is 47.4 Å². The first-order chi connectivity index (χ1) is 10.9. The summed E-state index contributed by atoms with van der Waals surface area (Å²) < 4.78 is 0. The smallest absolute Gasteiger partial charge is 0.0880 e. The van der Waals surface area contributed by atoms with Crippen LogP contribution in [-0.2, 0) is 11.4 Å². The third kappa shape index (κ3) is 5.40. The Labute approximate surface area is 152 Å². The summed E-state index contributed by atoms with van der Waals surface area (Å²) in [6.07, 6.45) is 0.677. The number of hydrogen-bond donors (Lipinski definition) is 2. The van der Waals surface area contributed by atoms with Gasteiger partial charge in [-0.3, -0.25) is 0 Å². The van der Waals surface area contributed by atoms with Gasteiger partial charge in [-0.1, -0.05) is 41.4 Å². The van der Waals surface area contributed by atoms with E-state index in [0.29, 0.717) is 16.5 Å². The Balaban J connectivity index is 2.00. The van der Waals surface area contributed by atoms with Crippen LogP contribution in [0.25, 0.3) is 0 Å². The lowest BCUT2D eigenvalue weighted by Gasteiger charge is -2.24. The number of hydrogen-bond acceptors (Lipinski definition) is 3. The van der Waals surface area contributed by atoms with E-state index >= 15 is 0 Å². The van der Waals surface area contributed by atoms with Crippen LogP contribution in [0.2, 0.25) is 10.0 Å². The molecule has 0 aliphatic heterocycles. The fourth-order valence-corrected chi connectivity index (χ4v) is 3.68. The zero-order chi connectivity index (χ0) is 16.9. The van der Waals surface area contributed by atoms with Gasteiger partial charge in [0.1, 0.15) is 0 Å². The van der Waals surface area contributed by atoms with Crippen LogP contribution in [0, 0.1) is 0 Å². The quantitative estimate of drug-likeness (QED) is 0.665. The van der Waals surface area contributed by atoms with Crippen LogP contribution in [0.5, 0.6) is 0 Å². The zero-order valence-corrected chi connectivity index (χ0v) is 15.6. The fourth-order valence-electron chi connectivity index (χ4n) is 2.22. The van der Waals surface area contributed by atoms with Crippen molar-refractivity contribution in [1.82, 2.24) is 5.32 Å². The number of benzene rings is 2. The molecule has 0 aromatic heterocycles. The van der Waals surface area contributed by atoms with E-state index in [0.717, 1.165) is 28.3 Å². The van der Waals surface area contributed by atoms with Crippen LogP contribution in [0.1, 0.15) is 24.5 Å². The third-order valence-electron chi connectivity index (χ3n) is 3.75. The van der Waals surface area contributed by atoms with Gasteiger partial charge in [0.2, 0.25) is 0 Å². The standard InChI is InChI=1S/C18H21Cl2NOS/c1-18(22,9-10-21-2)14-4-7-16(8-5-14)23-12-13-3-6-15(19)11-17(13)20/h3-8,11,21-22H,9-10,12H2,1-2H3. The Morgan fingerprint density at radius 3 is 2.43 bits per heavy atom. The topological polar surface area (TPSA) is 32.3 Å². The summed E-state index contributed by atoms with van der Waals surface area (Å²) in [4.78, 5) is 1.14. The molecule has 0 amide bonds. The molecule has 2 nitrogen and oxygen atoms in total. The number of halogens is 2. The van der Waals surface area contributed by atoms with Crippen molar-refractivity contribution >= 4 is 35.0 Å². The molecule has 0 saturated heterocycles. The van der Waals surface area contributed by atoms with Crippen LogP contribution >= 0.6 is 35.0 Å². The van der Waals surface area contributed by atoms with Crippen LogP contribution < -0.4 is 5.32 Å².